The highest BCUT2D eigenvalue weighted by Gasteiger charge is 2.44. The molecule has 0 bridgehead atoms. The van der Waals surface area contributed by atoms with Crippen molar-refractivity contribution in [1.82, 2.24) is 10.4 Å². The number of carbonyl (C=O) groups is 1. The highest BCUT2D eigenvalue weighted by Crippen LogP contribution is 2.26. The molecule has 0 aromatic rings. The fourth-order valence-corrected chi connectivity index (χ4v) is 2.36. The van der Waals surface area contributed by atoms with E-state index in [9.17, 15) is 4.79 Å². The number of hydrogen-bond donors (Lipinski definition) is 1. The Morgan fingerprint density at radius 3 is 2.53 bits per heavy atom. The average molecular weight is 214 g/mol. The Kier molecular flexibility index (Phi) is 3.53. The number of aldehydes is 1. The van der Waals surface area contributed by atoms with Gasteiger partial charge < -0.3 is 10.1 Å². The summed E-state index contributed by atoms with van der Waals surface area (Å²) in [5.41, 5.74) is -0.309. The zero-order valence-electron chi connectivity index (χ0n) is 10.3. The number of rotatable bonds is 3. The molecule has 88 valence electrons. The molecule has 1 rings (SSSR count). The van der Waals surface area contributed by atoms with Crippen LogP contribution in [-0.2, 0) is 9.63 Å². The van der Waals surface area contributed by atoms with Crippen LogP contribution in [-0.4, -0.2) is 41.6 Å². The largest absolute Gasteiger partial charge is 0.303 e. The highest BCUT2D eigenvalue weighted by atomic mass is 16.7. The molecular formula is C11H22N2O2. The molecule has 0 radical (unpaired) electrons. The maximum absolute atomic E-state index is 11.1. The highest BCUT2D eigenvalue weighted by molar-refractivity contribution is 5.60. The zero-order valence-corrected chi connectivity index (χ0v) is 10.3. The van der Waals surface area contributed by atoms with Gasteiger partial charge in [-0.25, -0.2) is 0 Å². The standard InChI is InChI=1S/C11H22N2O2/c1-6-15-13-8-10(2,3)12-11(4,5)9(13)7-14/h7,9,12H,6,8H2,1-5H3. The van der Waals surface area contributed by atoms with Crippen molar-refractivity contribution < 1.29 is 9.63 Å². The third kappa shape index (κ3) is 2.77. The molecule has 1 atom stereocenters. The lowest BCUT2D eigenvalue weighted by Gasteiger charge is -2.50. The van der Waals surface area contributed by atoms with E-state index in [1.807, 2.05) is 20.8 Å². The number of nitrogens with one attached hydrogen (secondary N) is 1. The second-order valence-corrected chi connectivity index (χ2v) is 5.30. The van der Waals surface area contributed by atoms with Gasteiger partial charge >= 0.3 is 0 Å². The summed E-state index contributed by atoms with van der Waals surface area (Å²) in [6.07, 6.45) is 0.956. The van der Waals surface area contributed by atoms with Gasteiger partial charge in [-0.1, -0.05) is 0 Å². The molecule has 1 aliphatic heterocycles. The van der Waals surface area contributed by atoms with Crippen molar-refractivity contribution in [3.8, 4) is 0 Å². The van der Waals surface area contributed by atoms with Gasteiger partial charge in [0.2, 0.25) is 0 Å². The van der Waals surface area contributed by atoms with Crippen LogP contribution in [0.25, 0.3) is 0 Å². The minimum Gasteiger partial charge on any atom is -0.303 e. The zero-order chi connectivity index (χ0) is 11.7. The maximum atomic E-state index is 11.1. The van der Waals surface area contributed by atoms with Gasteiger partial charge in [0.1, 0.15) is 12.3 Å². The second kappa shape index (κ2) is 4.20. The molecule has 0 spiro atoms. The molecule has 1 saturated heterocycles. The average Bonchev–Trinajstić information content (AvgIpc) is 1.99. The van der Waals surface area contributed by atoms with Gasteiger partial charge in [0.05, 0.1) is 6.61 Å². The molecule has 4 nitrogen and oxygen atoms in total. The number of hydrogen-bond acceptors (Lipinski definition) is 4. The molecule has 1 aliphatic rings. The minimum atomic E-state index is -0.265. The van der Waals surface area contributed by atoms with Crippen molar-refractivity contribution in [3.63, 3.8) is 0 Å². The Morgan fingerprint density at radius 2 is 2.07 bits per heavy atom. The first-order valence-electron chi connectivity index (χ1n) is 5.46. The predicted octanol–water partition coefficient (Wildman–Crippen LogP) is 0.968. The molecule has 1 heterocycles. The third-order valence-electron chi connectivity index (χ3n) is 2.69. The molecule has 1 N–H and O–H groups in total. The smallest absolute Gasteiger partial charge is 0.141 e. The van der Waals surface area contributed by atoms with E-state index in [-0.39, 0.29) is 17.1 Å². The van der Waals surface area contributed by atoms with E-state index in [0.29, 0.717) is 13.2 Å². The molecule has 0 aliphatic carbocycles. The van der Waals surface area contributed by atoms with E-state index in [2.05, 4.69) is 19.2 Å². The van der Waals surface area contributed by atoms with E-state index in [1.54, 1.807) is 5.06 Å². The molecule has 0 saturated carbocycles. The summed E-state index contributed by atoms with van der Waals surface area (Å²) >= 11 is 0. The molecule has 1 fully saturated rings. The van der Waals surface area contributed by atoms with Crippen molar-refractivity contribution >= 4 is 6.29 Å². The van der Waals surface area contributed by atoms with Crippen molar-refractivity contribution in [2.75, 3.05) is 13.2 Å². The van der Waals surface area contributed by atoms with Crippen LogP contribution in [0.5, 0.6) is 0 Å². The Labute approximate surface area is 91.9 Å². The summed E-state index contributed by atoms with van der Waals surface area (Å²) in [7, 11) is 0. The summed E-state index contributed by atoms with van der Waals surface area (Å²) in [5, 5.41) is 5.26. The maximum Gasteiger partial charge on any atom is 0.141 e. The SMILES string of the molecule is CCON1CC(C)(C)NC(C)(C)C1C=O. The van der Waals surface area contributed by atoms with Crippen molar-refractivity contribution in [2.45, 2.75) is 51.7 Å². The van der Waals surface area contributed by atoms with Gasteiger partial charge in [-0.05, 0) is 34.6 Å². The van der Waals surface area contributed by atoms with Gasteiger partial charge in [-0.3, -0.25) is 4.84 Å². The number of nitrogens with zero attached hydrogens (tertiary/aromatic N) is 1. The lowest BCUT2D eigenvalue weighted by Crippen LogP contribution is -2.71. The fourth-order valence-electron chi connectivity index (χ4n) is 2.36. The van der Waals surface area contributed by atoms with Crippen LogP contribution in [0.15, 0.2) is 0 Å². The van der Waals surface area contributed by atoms with Crippen LogP contribution < -0.4 is 5.32 Å². The summed E-state index contributed by atoms with van der Waals surface area (Å²) in [5.74, 6) is 0. The first kappa shape index (κ1) is 12.6. The van der Waals surface area contributed by atoms with Crippen molar-refractivity contribution in [2.24, 2.45) is 0 Å². The lowest BCUT2D eigenvalue weighted by molar-refractivity contribution is -0.219. The van der Waals surface area contributed by atoms with Gasteiger partial charge in [0.15, 0.2) is 0 Å². The van der Waals surface area contributed by atoms with Crippen LogP contribution in [0.4, 0.5) is 0 Å². The van der Waals surface area contributed by atoms with Crippen molar-refractivity contribution in [3.05, 3.63) is 0 Å². The van der Waals surface area contributed by atoms with Crippen LogP contribution in [0.2, 0.25) is 0 Å². The van der Waals surface area contributed by atoms with E-state index < -0.39 is 0 Å². The Bertz CT molecular complexity index is 239. The number of carbonyl (C=O) groups excluding carboxylic acids is 1. The summed E-state index contributed by atoms with van der Waals surface area (Å²) in [4.78, 5) is 16.6. The number of hydroxylamine groups is 2. The topological polar surface area (TPSA) is 41.6 Å². The van der Waals surface area contributed by atoms with E-state index >= 15 is 0 Å². The van der Waals surface area contributed by atoms with Crippen LogP contribution in [0.1, 0.15) is 34.6 Å². The minimum absolute atomic E-state index is 0.0435. The molecule has 4 heteroatoms. The van der Waals surface area contributed by atoms with E-state index in [1.165, 1.54) is 0 Å². The molecule has 0 amide bonds. The van der Waals surface area contributed by atoms with Gasteiger partial charge in [-0.2, -0.15) is 5.06 Å². The number of piperazine rings is 1. The first-order chi connectivity index (χ1) is 6.82. The van der Waals surface area contributed by atoms with E-state index in [0.717, 1.165) is 6.29 Å². The Hall–Kier alpha value is -0.450. The van der Waals surface area contributed by atoms with Gasteiger partial charge in [0, 0.05) is 17.6 Å². The molecule has 0 aromatic heterocycles. The summed E-state index contributed by atoms with van der Waals surface area (Å²) < 4.78 is 0. The Morgan fingerprint density at radius 1 is 1.47 bits per heavy atom. The Balaban J connectivity index is 2.88. The van der Waals surface area contributed by atoms with Crippen LogP contribution >= 0.6 is 0 Å². The van der Waals surface area contributed by atoms with Crippen LogP contribution in [0.3, 0.4) is 0 Å². The molecular weight excluding hydrogens is 192 g/mol. The molecule has 1 unspecified atom stereocenters. The fraction of sp³-hybridized carbons (Fsp3) is 0.909. The summed E-state index contributed by atoms with van der Waals surface area (Å²) in [6, 6.07) is -0.231. The summed E-state index contributed by atoms with van der Waals surface area (Å²) in [6.45, 7) is 11.5. The molecule has 15 heavy (non-hydrogen) atoms. The third-order valence-corrected chi connectivity index (χ3v) is 2.69. The predicted molar refractivity (Wildman–Crippen MR) is 59.5 cm³/mol. The normalized spacial score (nSPS) is 30.1. The lowest BCUT2D eigenvalue weighted by atomic mass is 9.86. The monoisotopic (exact) mass is 214 g/mol. The van der Waals surface area contributed by atoms with Gasteiger partial charge in [-0.15, -0.1) is 0 Å². The quantitative estimate of drug-likeness (QED) is 0.711. The van der Waals surface area contributed by atoms with E-state index in [4.69, 9.17) is 4.84 Å². The second-order valence-electron chi connectivity index (χ2n) is 5.30. The van der Waals surface area contributed by atoms with Crippen LogP contribution in [0, 0.1) is 0 Å². The van der Waals surface area contributed by atoms with Gasteiger partial charge in [0.25, 0.3) is 0 Å². The molecule has 0 aromatic carbocycles. The van der Waals surface area contributed by atoms with Crippen molar-refractivity contribution in [1.29, 1.82) is 0 Å². The first-order valence-corrected chi connectivity index (χ1v) is 5.46.